The average molecular weight is 394 g/mol. The number of benzene rings is 2. The number of halogens is 1. The Morgan fingerprint density at radius 3 is 2.75 bits per heavy atom. The van der Waals surface area contributed by atoms with E-state index in [1.54, 1.807) is 18.3 Å². The van der Waals surface area contributed by atoms with Crippen molar-refractivity contribution in [3.05, 3.63) is 70.9 Å². The zero-order valence-electron chi connectivity index (χ0n) is 15.6. The second kappa shape index (κ2) is 7.40. The molecule has 142 valence electrons. The first-order chi connectivity index (χ1) is 13.5. The lowest BCUT2D eigenvalue weighted by atomic mass is 10.1. The molecular formula is C21H20ClN5O. The quantitative estimate of drug-likeness (QED) is 0.471. The topological polar surface area (TPSA) is 78.0 Å². The second-order valence-electron chi connectivity index (χ2n) is 6.60. The molecule has 2 aromatic carbocycles. The smallest absolute Gasteiger partial charge is 0.219 e. The van der Waals surface area contributed by atoms with E-state index in [0.717, 1.165) is 39.5 Å². The molecule has 0 fully saturated rings. The van der Waals surface area contributed by atoms with Crippen molar-refractivity contribution in [1.29, 1.82) is 0 Å². The number of rotatable bonds is 5. The van der Waals surface area contributed by atoms with Crippen LogP contribution in [0.5, 0.6) is 11.6 Å². The molecule has 0 radical (unpaired) electrons. The lowest BCUT2D eigenvalue weighted by Gasteiger charge is -2.11. The highest BCUT2D eigenvalue weighted by Gasteiger charge is 2.09. The molecule has 0 spiro atoms. The molecule has 28 heavy (non-hydrogen) atoms. The number of anilines is 2. The maximum atomic E-state index is 5.88. The number of ether oxygens (including phenoxy) is 1. The van der Waals surface area contributed by atoms with E-state index < -0.39 is 0 Å². The van der Waals surface area contributed by atoms with Gasteiger partial charge in [0.25, 0.3) is 0 Å². The molecule has 0 aliphatic rings. The Labute approximate surface area is 167 Å². The highest BCUT2D eigenvalue weighted by atomic mass is 35.5. The third-order valence-corrected chi connectivity index (χ3v) is 4.80. The van der Waals surface area contributed by atoms with Gasteiger partial charge in [0, 0.05) is 31.5 Å². The molecule has 7 heteroatoms. The van der Waals surface area contributed by atoms with E-state index in [9.17, 15) is 0 Å². The van der Waals surface area contributed by atoms with Crippen LogP contribution in [0.2, 0.25) is 5.02 Å². The summed E-state index contributed by atoms with van der Waals surface area (Å²) in [6, 6.07) is 15.2. The average Bonchev–Trinajstić information content (AvgIpc) is 2.98. The van der Waals surface area contributed by atoms with Crippen LogP contribution < -0.4 is 15.8 Å². The maximum Gasteiger partial charge on any atom is 0.219 e. The fraction of sp³-hybridized carbons (Fsp3) is 0.143. The Bertz CT molecular complexity index is 1140. The summed E-state index contributed by atoms with van der Waals surface area (Å²) in [5, 5.41) is 3.98. The maximum absolute atomic E-state index is 5.88. The molecule has 0 atom stereocenters. The molecule has 4 rings (SSSR count). The molecule has 0 amide bonds. The lowest BCUT2D eigenvalue weighted by Crippen LogP contribution is -2.06. The summed E-state index contributed by atoms with van der Waals surface area (Å²) in [4.78, 5) is 8.78. The van der Waals surface area contributed by atoms with Crippen molar-refractivity contribution < 1.29 is 4.74 Å². The number of nitrogens with two attached hydrogens (primary N) is 1. The predicted molar refractivity (Wildman–Crippen MR) is 113 cm³/mol. The first-order valence-corrected chi connectivity index (χ1v) is 9.22. The Balaban J connectivity index is 1.48. The van der Waals surface area contributed by atoms with Crippen LogP contribution in [0.25, 0.3) is 11.0 Å². The van der Waals surface area contributed by atoms with Crippen LogP contribution in [0.15, 0.2) is 54.7 Å². The number of fused-ring (bicyclic) bond motifs is 1. The highest BCUT2D eigenvalue weighted by molar-refractivity contribution is 6.30. The summed E-state index contributed by atoms with van der Waals surface area (Å²) in [6.07, 6.45) is 1.56. The van der Waals surface area contributed by atoms with Gasteiger partial charge in [0.1, 0.15) is 5.75 Å². The third-order valence-electron chi connectivity index (χ3n) is 4.58. The molecule has 2 heterocycles. The molecule has 0 unspecified atom stereocenters. The van der Waals surface area contributed by atoms with Crippen LogP contribution in [0.4, 0.5) is 11.6 Å². The standard InChI is InChI=1S/C21H20ClN5O/c1-13-9-17(28-20-8-4-15(22)12-24-20)6-3-14(13)11-25-21-26-18-7-5-16(23)10-19(18)27(21)2/h3-10,12H,11,23H2,1-2H3,(H,25,26). The monoisotopic (exact) mass is 393 g/mol. The third kappa shape index (κ3) is 3.73. The van der Waals surface area contributed by atoms with Crippen molar-refractivity contribution in [2.24, 2.45) is 7.05 Å². The van der Waals surface area contributed by atoms with Gasteiger partial charge in [-0.1, -0.05) is 17.7 Å². The van der Waals surface area contributed by atoms with E-state index in [4.69, 9.17) is 22.1 Å². The van der Waals surface area contributed by atoms with Crippen LogP contribution in [0, 0.1) is 6.92 Å². The summed E-state index contributed by atoms with van der Waals surface area (Å²) in [6.45, 7) is 2.70. The van der Waals surface area contributed by atoms with E-state index in [1.807, 2.05) is 48.0 Å². The number of aryl methyl sites for hydroxylation is 2. The van der Waals surface area contributed by atoms with Gasteiger partial charge in [-0.3, -0.25) is 0 Å². The Morgan fingerprint density at radius 2 is 2.00 bits per heavy atom. The molecule has 0 aliphatic carbocycles. The fourth-order valence-corrected chi connectivity index (χ4v) is 3.12. The van der Waals surface area contributed by atoms with Gasteiger partial charge in [-0.2, -0.15) is 0 Å². The number of pyridine rings is 1. The number of hydrogen-bond acceptors (Lipinski definition) is 5. The SMILES string of the molecule is Cc1cc(Oc2ccc(Cl)cn2)ccc1CNc1nc2ccc(N)cc2n1C. The molecule has 0 bridgehead atoms. The van der Waals surface area contributed by atoms with Crippen molar-refractivity contribution in [2.75, 3.05) is 11.1 Å². The fourth-order valence-electron chi connectivity index (χ4n) is 3.01. The Hall–Kier alpha value is -3.25. The van der Waals surface area contributed by atoms with Crippen LogP contribution in [-0.4, -0.2) is 14.5 Å². The summed E-state index contributed by atoms with van der Waals surface area (Å²) in [7, 11) is 1.97. The van der Waals surface area contributed by atoms with Gasteiger partial charge in [-0.05, 0) is 54.4 Å². The molecule has 2 aromatic heterocycles. The molecule has 0 saturated heterocycles. The number of nitrogens with zero attached hydrogens (tertiary/aromatic N) is 3. The first-order valence-electron chi connectivity index (χ1n) is 8.84. The van der Waals surface area contributed by atoms with E-state index in [-0.39, 0.29) is 0 Å². The number of nitrogens with one attached hydrogen (secondary N) is 1. The van der Waals surface area contributed by atoms with Gasteiger partial charge in [0.05, 0.1) is 16.1 Å². The molecule has 4 aromatic rings. The van der Waals surface area contributed by atoms with Crippen LogP contribution in [-0.2, 0) is 13.6 Å². The number of hydrogen-bond donors (Lipinski definition) is 2. The van der Waals surface area contributed by atoms with Crippen molar-refractivity contribution in [3.8, 4) is 11.6 Å². The van der Waals surface area contributed by atoms with Crippen LogP contribution >= 0.6 is 11.6 Å². The van der Waals surface area contributed by atoms with Gasteiger partial charge >= 0.3 is 0 Å². The summed E-state index contributed by atoms with van der Waals surface area (Å²) < 4.78 is 7.79. The van der Waals surface area contributed by atoms with E-state index in [2.05, 4.69) is 22.2 Å². The lowest BCUT2D eigenvalue weighted by molar-refractivity contribution is 0.462. The molecule has 6 nitrogen and oxygen atoms in total. The zero-order valence-corrected chi connectivity index (χ0v) is 16.4. The molecule has 0 saturated carbocycles. The predicted octanol–water partition coefficient (Wildman–Crippen LogP) is 4.92. The minimum atomic E-state index is 0.508. The van der Waals surface area contributed by atoms with Gasteiger partial charge in [0.15, 0.2) is 0 Å². The zero-order chi connectivity index (χ0) is 19.7. The Kier molecular flexibility index (Phi) is 4.79. The first kappa shape index (κ1) is 18.1. The normalized spacial score (nSPS) is 11.0. The number of nitrogen functional groups attached to an aromatic ring is 1. The van der Waals surface area contributed by atoms with Crippen LogP contribution in [0.3, 0.4) is 0 Å². The summed E-state index contributed by atoms with van der Waals surface area (Å²) in [5.41, 5.74) is 10.8. The van der Waals surface area contributed by atoms with Crippen molar-refractivity contribution >= 4 is 34.3 Å². The van der Waals surface area contributed by atoms with Gasteiger partial charge in [-0.15, -0.1) is 0 Å². The van der Waals surface area contributed by atoms with E-state index in [0.29, 0.717) is 17.4 Å². The highest BCUT2D eigenvalue weighted by Crippen LogP contribution is 2.25. The number of imidazole rings is 1. The van der Waals surface area contributed by atoms with E-state index in [1.165, 1.54) is 0 Å². The van der Waals surface area contributed by atoms with Gasteiger partial charge in [-0.25, -0.2) is 9.97 Å². The minimum Gasteiger partial charge on any atom is -0.439 e. The molecule has 3 N–H and O–H groups in total. The second-order valence-corrected chi connectivity index (χ2v) is 7.04. The van der Waals surface area contributed by atoms with Crippen molar-refractivity contribution in [2.45, 2.75) is 13.5 Å². The molecular weight excluding hydrogens is 374 g/mol. The van der Waals surface area contributed by atoms with E-state index >= 15 is 0 Å². The number of aromatic nitrogens is 3. The van der Waals surface area contributed by atoms with Crippen LogP contribution in [0.1, 0.15) is 11.1 Å². The van der Waals surface area contributed by atoms with Crippen molar-refractivity contribution in [3.63, 3.8) is 0 Å². The minimum absolute atomic E-state index is 0.508. The summed E-state index contributed by atoms with van der Waals surface area (Å²) >= 11 is 5.85. The van der Waals surface area contributed by atoms with Crippen molar-refractivity contribution in [1.82, 2.24) is 14.5 Å². The van der Waals surface area contributed by atoms with Gasteiger partial charge < -0.3 is 20.4 Å². The molecule has 0 aliphatic heterocycles. The largest absolute Gasteiger partial charge is 0.439 e. The Morgan fingerprint density at radius 1 is 1.14 bits per heavy atom. The van der Waals surface area contributed by atoms with Gasteiger partial charge in [0.2, 0.25) is 11.8 Å². The summed E-state index contributed by atoms with van der Waals surface area (Å²) in [5.74, 6) is 2.04.